The third-order valence-corrected chi connectivity index (χ3v) is 6.62. The maximum atomic E-state index is 12.7. The second-order valence-electron chi connectivity index (χ2n) is 8.79. The Hall–Kier alpha value is -2.71. The molecule has 0 radical (unpaired) electrons. The van der Waals surface area contributed by atoms with Gasteiger partial charge in [0.15, 0.2) is 0 Å². The van der Waals surface area contributed by atoms with Crippen LogP contribution in [0.15, 0.2) is 35.0 Å². The summed E-state index contributed by atoms with van der Waals surface area (Å²) in [5.41, 5.74) is 4.13. The van der Waals surface area contributed by atoms with Gasteiger partial charge in [0.2, 0.25) is 5.76 Å². The number of pyridine rings is 1. The summed E-state index contributed by atoms with van der Waals surface area (Å²) < 4.78 is 7.61. The predicted octanol–water partition coefficient (Wildman–Crippen LogP) is 2.61. The van der Waals surface area contributed by atoms with E-state index in [2.05, 4.69) is 32.6 Å². The first-order valence-electron chi connectivity index (χ1n) is 11.2. The molecule has 0 saturated carbocycles. The number of hydrogen-bond donors (Lipinski definition) is 1. The van der Waals surface area contributed by atoms with Crippen molar-refractivity contribution in [2.75, 3.05) is 26.2 Å². The summed E-state index contributed by atoms with van der Waals surface area (Å²) in [6.07, 6.45) is 5.12. The van der Waals surface area contributed by atoms with Crippen molar-refractivity contribution in [3.63, 3.8) is 0 Å². The molecule has 8 nitrogen and oxygen atoms in total. The number of aliphatic hydroxyl groups excluding tert-OH is 1. The van der Waals surface area contributed by atoms with Gasteiger partial charge in [0.1, 0.15) is 5.65 Å². The molecule has 1 atom stereocenters. The molecule has 1 amide bonds. The minimum absolute atomic E-state index is 0.125. The second kappa shape index (κ2) is 8.43. The van der Waals surface area contributed by atoms with Crippen LogP contribution < -0.4 is 0 Å². The number of imidazole rings is 1. The fourth-order valence-electron chi connectivity index (χ4n) is 4.81. The Labute approximate surface area is 181 Å². The average Bonchev–Trinajstić information content (AvgIpc) is 3.40. The molecular formula is C23H29N5O3. The van der Waals surface area contributed by atoms with Crippen LogP contribution in [0.5, 0.6) is 0 Å². The van der Waals surface area contributed by atoms with Gasteiger partial charge in [0.05, 0.1) is 23.2 Å². The highest BCUT2D eigenvalue weighted by atomic mass is 16.5. The quantitative estimate of drug-likeness (QED) is 0.694. The van der Waals surface area contributed by atoms with E-state index in [1.54, 1.807) is 4.90 Å². The molecule has 31 heavy (non-hydrogen) atoms. The van der Waals surface area contributed by atoms with E-state index in [-0.39, 0.29) is 17.9 Å². The van der Waals surface area contributed by atoms with Gasteiger partial charge in [-0.15, -0.1) is 0 Å². The molecule has 8 heteroatoms. The summed E-state index contributed by atoms with van der Waals surface area (Å²) in [7, 11) is 0. The van der Waals surface area contributed by atoms with E-state index in [1.807, 2.05) is 24.3 Å². The van der Waals surface area contributed by atoms with E-state index in [0.29, 0.717) is 31.7 Å². The number of carbonyl (C=O) groups excluding carboxylic acids is 1. The molecule has 5 rings (SSSR count). The van der Waals surface area contributed by atoms with Gasteiger partial charge in [0.25, 0.3) is 5.91 Å². The maximum absolute atomic E-state index is 12.7. The van der Waals surface area contributed by atoms with Crippen molar-refractivity contribution in [2.24, 2.45) is 0 Å². The number of likely N-dealkylation sites (tertiary alicyclic amines) is 2. The molecule has 0 aromatic carbocycles. The normalized spacial score (nSPS) is 21.1. The molecule has 0 aliphatic carbocycles. The minimum Gasteiger partial charge on any atom is -0.393 e. The number of fused-ring (bicyclic) bond motifs is 1. The lowest BCUT2D eigenvalue weighted by atomic mass is 9.94. The molecule has 2 fully saturated rings. The predicted molar refractivity (Wildman–Crippen MR) is 115 cm³/mol. The zero-order chi connectivity index (χ0) is 21.4. The fraction of sp³-hybridized carbons (Fsp3) is 0.522. The third kappa shape index (κ3) is 4.09. The van der Waals surface area contributed by atoms with E-state index in [1.165, 1.54) is 5.69 Å². The molecule has 2 saturated heterocycles. The van der Waals surface area contributed by atoms with E-state index in [0.717, 1.165) is 49.5 Å². The van der Waals surface area contributed by atoms with Crippen LogP contribution in [0, 0.1) is 6.92 Å². The topological polar surface area (TPSA) is 87.1 Å². The van der Waals surface area contributed by atoms with Crippen LogP contribution in [0.25, 0.3) is 5.65 Å². The number of aryl methyl sites for hydroxylation is 1. The Balaban J connectivity index is 1.26. The number of nitrogens with zero attached hydrogens (tertiary/aromatic N) is 5. The lowest BCUT2D eigenvalue weighted by molar-refractivity contribution is 0.0512. The monoisotopic (exact) mass is 423 g/mol. The first-order chi connectivity index (χ1) is 15.1. The summed E-state index contributed by atoms with van der Waals surface area (Å²) in [5, 5.41) is 13.9. The lowest BCUT2D eigenvalue weighted by Crippen LogP contribution is -2.39. The molecule has 5 heterocycles. The minimum atomic E-state index is -0.306. The van der Waals surface area contributed by atoms with Gasteiger partial charge in [0, 0.05) is 44.4 Å². The smallest absolute Gasteiger partial charge is 0.292 e. The standard InChI is InChI=1S/C23H29N5O3/c1-16-20(28-10-3-2-6-22(28)24-16)15-26-9-4-5-17(14-26)19-13-21(31-25-19)23(30)27-11-7-18(29)8-12-27/h2-3,6,10,13,17-18,29H,4-5,7-9,11-12,14-15H2,1H3/t17-/m0/s1. The first kappa shape index (κ1) is 20.2. The average molecular weight is 424 g/mol. The number of rotatable bonds is 4. The molecule has 2 aliphatic heterocycles. The fourth-order valence-corrected chi connectivity index (χ4v) is 4.81. The second-order valence-corrected chi connectivity index (χ2v) is 8.79. The number of hydrogen-bond acceptors (Lipinski definition) is 6. The Bertz CT molecular complexity index is 1070. The first-order valence-corrected chi connectivity index (χ1v) is 11.2. The van der Waals surface area contributed by atoms with Crippen LogP contribution >= 0.6 is 0 Å². The number of amides is 1. The van der Waals surface area contributed by atoms with Crippen molar-refractivity contribution in [2.45, 2.75) is 51.2 Å². The number of carbonyl (C=O) groups is 1. The van der Waals surface area contributed by atoms with Gasteiger partial charge >= 0.3 is 0 Å². The highest BCUT2D eigenvalue weighted by Crippen LogP contribution is 2.28. The maximum Gasteiger partial charge on any atom is 0.292 e. The Kier molecular flexibility index (Phi) is 5.50. The van der Waals surface area contributed by atoms with Gasteiger partial charge in [-0.2, -0.15) is 0 Å². The number of aliphatic hydroxyl groups is 1. The van der Waals surface area contributed by atoms with E-state index in [4.69, 9.17) is 4.52 Å². The van der Waals surface area contributed by atoms with Crippen LogP contribution in [0.4, 0.5) is 0 Å². The molecular weight excluding hydrogens is 394 g/mol. The molecule has 1 N–H and O–H groups in total. The SMILES string of the molecule is Cc1nc2ccccn2c1CN1CCC[C@H](c2cc(C(=O)N3CCC(O)CC3)on2)C1. The van der Waals surface area contributed by atoms with Crippen molar-refractivity contribution in [1.82, 2.24) is 24.3 Å². The van der Waals surface area contributed by atoms with Gasteiger partial charge in [-0.1, -0.05) is 11.2 Å². The van der Waals surface area contributed by atoms with Gasteiger partial charge < -0.3 is 18.9 Å². The molecule has 164 valence electrons. The molecule has 3 aromatic rings. The van der Waals surface area contributed by atoms with Crippen LogP contribution in [0.1, 0.15) is 59.2 Å². The van der Waals surface area contributed by atoms with Gasteiger partial charge in [-0.05, 0) is 51.3 Å². The van der Waals surface area contributed by atoms with Crippen molar-refractivity contribution < 1.29 is 14.4 Å². The van der Waals surface area contributed by atoms with Crippen molar-refractivity contribution in [3.8, 4) is 0 Å². The summed E-state index contributed by atoms with van der Waals surface area (Å²) in [6.45, 7) is 5.95. The van der Waals surface area contributed by atoms with Crippen molar-refractivity contribution >= 4 is 11.6 Å². The molecule has 2 aliphatic rings. The molecule has 0 unspecified atom stereocenters. The Morgan fingerprint density at radius 1 is 1.23 bits per heavy atom. The Morgan fingerprint density at radius 2 is 2.06 bits per heavy atom. The van der Waals surface area contributed by atoms with E-state index in [9.17, 15) is 9.90 Å². The third-order valence-electron chi connectivity index (χ3n) is 6.62. The summed E-state index contributed by atoms with van der Waals surface area (Å²) in [6, 6.07) is 7.90. The summed E-state index contributed by atoms with van der Waals surface area (Å²) in [5.74, 6) is 0.433. The van der Waals surface area contributed by atoms with Gasteiger partial charge in [-0.25, -0.2) is 4.98 Å². The van der Waals surface area contributed by atoms with Crippen LogP contribution in [-0.2, 0) is 6.54 Å². The van der Waals surface area contributed by atoms with Crippen molar-refractivity contribution in [3.05, 3.63) is 53.3 Å². The summed E-state index contributed by atoms with van der Waals surface area (Å²) >= 11 is 0. The Morgan fingerprint density at radius 3 is 2.90 bits per heavy atom. The lowest BCUT2D eigenvalue weighted by Gasteiger charge is -2.31. The van der Waals surface area contributed by atoms with Crippen molar-refractivity contribution in [1.29, 1.82) is 0 Å². The largest absolute Gasteiger partial charge is 0.393 e. The van der Waals surface area contributed by atoms with E-state index < -0.39 is 0 Å². The van der Waals surface area contributed by atoms with Gasteiger partial charge in [-0.3, -0.25) is 9.69 Å². The van der Waals surface area contributed by atoms with Crippen LogP contribution in [0.3, 0.4) is 0 Å². The van der Waals surface area contributed by atoms with E-state index >= 15 is 0 Å². The van der Waals surface area contributed by atoms with Crippen LogP contribution in [-0.4, -0.2) is 67.6 Å². The number of piperidine rings is 2. The highest BCUT2D eigenvalue weighted by Gasteiger charge is 2.29. The summed E-state index contributed by atoms with van der Waals surface area (Å²) in [4.78, 5) is 21.6. The molecule has 0 spiro atoms. The van der Waals surface area contributed by atoms with Crippen LogP contribution in [0.2, 0.25) is 0 Å². The molecule has 3 aromatic heterocycles. The molecule has 0 bridgehead atoms. The highest BCUT2D eigenvalue weighted by molar-refractivity contribution is 5.91. The number of aromatic nitrogens is 3. The zero-order valence-corrected chi connectivity index (χ0v) is 17.9. The zero-order valence-electron chi connectivity index (χ0n) is 17.9.